The molecule has 33 heavy (non-hydrogen) atoms. The number of rotatable bonds is 7. The highest BCUT2D eigenvalue weighted by Crippen LogP contribution is 2.21. The molecule has 1 aromatic heterocycles. The van der Waals surface area contributed by atoms with Crippen LogP contribution in [0.25, 0.3) is 0 Å². The van der Waals surface area contributed by atoms with E-state index in [2.05, 4.69) is 4.90 Å². The molecule has 1 fully saturated rings. The minimum Gasteiger partial charge on any atom is -0.496 e. The molecule has 8 nitrogen and oxygen atoms in total. The third-order valence-electron chi connectivity index (χ3n) is 6.16. The highest BCUT2D eigenvalue weighted by atomic mass is 16.5. The maximum atomic E-state index is 13.1. The zero-order chi connectivity index (χ0) is 24.1. The second-order valence-corrected chi connectivity index (χ2v) is 9.08. The number of carbonyl (C=O) groups excluding carboxylic acids is 1. The number of aromatic nitrogens is 2. The number of amides is 1. The van der Waals surface area contributed by atoms with Gasteiger partial charge in [-0.3, -0.25) is 18.7 Å². The molecule has 0 radical (unpaired) electrons. The number of hydrogen-bond acceptors (Lipinski definition) is 5. The van der Waals surface area contributed by atoms with Gasteiger partial charge in [0.15, 0.2) is 0 Å². The molecule has 0 aliphatic carbocycles. The smallest absolute Gasteiger partial charge is 0.333 e. The Morgan fingerprint density at radius 3 is 2.33 bits per heavy atom. The molecule has 1 aliphatic heterocycles. The van der Waals surface area contributed by atoms with Crippen molar-refractivity contribution in [2.75, 3.05) is 38.2 Å². The average Bonchev–Trinajstić information content (AvgIpc) is 3.03. The van der Waals surface area contributed by atoms with Gasteiger partial charge in [0.05, 0.1) is 7.11 Å². The Hall–Kier alpha value is -3.03. The van der Waals surface area contributed by atoms with Crippen LogP contribution in [0.3, 0.4) is 0 Å². The minimum absolute atomic E-state index is 0.0834. The average molecular weight is 457 g/mol. The Bertz CT molecular complexity index is 1090. The van der Waals surface area contributed by atoms with Crippen LogP contribution in [-0.2, 0) is 11.2 Å². The summed E-state index contributed by atoms with van der Waals surface area (Å²) in [5.74, 6) is 1.55. The molecular formula is C25H36N4O4. The Morgan fingerprint density at radius 1 is 0.970 bits per heavy atom. The van der Waals surface area contributed by atoms with Gasteiger partial charge in [-0.05, 0) is 52.2 Å². The maximum absolute atomic E-state index is 13.1. The number of aryl methyl sites for hydroxylation is 1. The summed E-state index contributed by atoms with van der Waals surface area (Å²) in [4.78, 5) is 42.7. The van der Waals surface area contributed by atoms with E-state index < -0.39 is 0 Å². The van der Waals surface area contributed by atoms with Crippen LogP contribution in [0.2, 0.25) is 0 Å². The second-order valence-electron chi connectivity index (χ2n) is 9.08. The SMILES string of the molecule is COc1ccccc1CCC(=O)N1CCCN(c2cc(=O)n(C(C)C)c(=O)n2C(C)C)CC1. The third kappa shape index (κ3) is 5.49. The van der Waals surface area contributed by atoms with Gasteiger partial charge >= 0.3 is 5.69 Å². The number of nitrogens with zero attached hydrogens (tertiary/aromatic N) is 4. The first-order valence-electron chi connectivity index (χ1n) is 11.8. The quantitative estimate of drug-likeness (QED) is 0.640. The molecule has 1 aromatic carbocycles. The van der Waals surface area contributed by atoms with E-state index in [0.717, 1.165) is 17.7 Å². The maximum Gasteiger partial charge on any atom is 0.333 e. The lowest BCUT2D eigenvalue weighted by Gasteiger charge is -2.29. The zero-order valence-electron chi connectivity index (χ0n) is 20.4. The number of hydrogen-bond donors (Lipinski definition) is 0. The fourth-order valence-electron chi connectivity index (χ4n) is 4.47. The molecule has 3 rings (SSSR count). The highest BCUT2D eigenvalue weighted by Gasteiger charge is 2.24. The summed E-state index contributed by atoms with van der Waals surface area (Å²) < 4.78 is 8.39. The molecule has 2 heterocycles. The summed E-state index contributed by atoms with van der Waals surface area (Å²) in [5, 5.41) is 0. The molecule has 0 bridgehead atoms. The van der Waals surface area contributed by atoms with Gasteiger partial charge in [-0.15, -0.1) is 0 Å². The Kier molecular flexibility index (Phi) is 8.00. The van der Waals surface area contributed by atoms with Gasteiger partial charge in [0.25, 0.3) is 5.56 Å². The van der Waals surface area contributed by atoms with E-state index in [1.54, 1.807) is 17.7 Å². The lowest BCUT2D eigenvalue weighted by Crippen LogP contribution is -2.45. The number of methoxy groups -OCH3 is 1. The van der Waals surface area contributed by atoms with Crippen LogP contribution in [0.5, 0.6) is 5.75 Å². The van der Waals surface area contributed by atoms with Gasteiger partial charge in [-0.1, -0.05) is 18.2 Å². The van der Waals surface area contributed by atoms with E-state index in [9.17, 15) is 14.4 Å². The van der Waals surface area contributed by atoms with E-state index >= 15 is 0 Å². The van der Waals surface area contributed by atoms with Crippen LogP contribution >= 0.6 is 0 Å². The monoisotopic (exact) mass is 456 g/mol. The van der Waals surface area contributed by atoms with E-state index in [0.29, 0.717) is 44.8 Å². The van der Waals surface area contributed by atoms with Crippen molar-refractivity contribution < 1.29 is 9.53 Å². The topological polar surface area (TPSA) is 76.8 Å². The summed E-state index contributed by atoms with van der Waals surface area (Å²) in [5.41, 5.74) is 0.462. The van der Waals surface area contributed by atoms with Crippen LogP contribution in [-0.4, -0.2) is 53.2 Å². The molecule has 1 aliphatic rings. The van der Waals surface area contributed by atoms with Crippen molar-refractivity contribution >= 4 is 11.7 Å². The van der Waals surface area contributed by atoms with Gasteiger partial charge in [0.2, 0.25) is 5.91 Å². The van der Waals surface area contributed by atoms with Crippen LogP contribution in [0, 0.1) is 0 Å². The standard InChI is InChI=1S/C25H36N4O4/c1-18(2)28-22(17-24(31)29(19(3)4)25(28)32)26-13-8-14-27(16-15-26)23(30)12-11-20-9-6-7-10-21(20)33-5/h6-7,9-10,17-19H,8,11-16H2,1-5H3. The summed E-state index contributed by atoms with van der Waals surface area (Å²) in [6, 6.07) is 9.05. The van der Waals surface area contributed by atoms with Gasteiger partial charge in [0, 0.05) is 50.7 Å². The van der Waals surface area contributed by atoms with Crippen LogP contribution in [0.15, 0.2) is 39.9 Å². The number of para-hydroxylation sites is 1. The predicted molar refractivity (Wildman–Crippen MR) is 130 cm³/mol. The molecular weight excluding hydrogens is 420 g/mol. The van der Waals surface area contributed by atoms with Gasteiger partial charge in [-0.2, -0.15) is 0 Å². The van der Waals surface area contributed by atoms with Crippen molar-refractivity contribution in [3.63, 3.8) is 0 Å². The Morgan fingerprint density at radius 2 is 1.67 bits per heavy atom. The van der Waals surface area contributed by atoms with Crippen molar-refractivity contribution in [1.82, 2.24) is 14.0 Å². The molecule has 0 atom stereocenters. The fourth-order valence-corrected chi connectivity index (χ4v) is 4.47. The lowest BCUT2D eigenvalue weighted by molar-refractivity contribution is -0.130. The first-order valence-corrected chi connectivity index (χ1v) is 11.8. The molecule has 0 unspecified atom stereocenters. The van der Waals surface area contributed by atoms with Crippen molar-refractivity contribution in [2.45, 2.75) is 59.0 Å². The van der Waals surface area contributed by atoms with Gasteiger partial charge < -0.3 is 14.5 Å². The van der Waals surface area contributed by atoms with Crippen molar-refractivity contribution in [3.05, 3.63) is 56.7 Å². The minimum atomic E-state index is -0.282. The zero-order valence-corrected chi connectivity index (χ0v) is 20.4. The summed E-state index contributed by atoms with van der Waals surface area (Å²) in [6.45, 7) is 10.1. The third-order valence-corrected chi connectivity index (χ3v) is 6.16. The van der Waals surface area contributed by atoms with Crippen molar-refractivity contribution in [3.8, 4) is 5.75 Å². The van der Waals surface area contributed by atoms with E-state index in [1.165, 1.54) is 4.57 Å². The lowest BCUT2D eigenvalue weighted by atomic mass is 10.1. The predicted octanol–water partition coefficient (Wildman–Crippen LogP) is 2.85. The van der Waals surface area contributed by atoms with E-state index in [1.807, 2.05) is 56.9 Å². The molecule has 1 amide bonds. The number of benzene rings is 1. The Balaban J connectivity index is 1.74. The second kappa shape index (κ2) is 10.7. The summed E-state index contributed by atoms with van der Waals surface area (Å²) >= 11 is 0. The van der Waals surface area contributed by atoms with Gasteiger partial charge in [-0.25, -0.2) is 4.79 Å². The Labute approximate surface area is 195 Å². The highest BCUT2D eigenvalue weighted by molar-refractivity contribution is 5.76. The largest absolute Gasteiger partial charge is 0.496 e. The number of anilines is 1. The van der Waals surface area contributed by atoms with Gasteiger partial charge in [0.1, 0.15) is 11.6 Å². The first kappa shape index (κ1) is 24.6. The molecule has 0 N–H and O–H groups in total. The molecule has 0 saturated carbocycles. The summed E-state index contributed by atoms with van der Waals surface area (Å²) in [6.07, 6.45) is 1.82. The molecule has 2 aromatic rings. The fraction of sp³-hybridized carbons (Fsp3) is 0.560. The molecule has 8 heteroatoms. The van der Waals surface area contributed by atoms with Crippen molar-refractivity contribution in [1.29, 1.82) is 0 Å². The summed E-state index contributed by atoms with van der Waals surface area (Å²) in [7, 11) is 1.64. The molecule has 180 valence electrons. The van der Waals surface area contributed by atoms with Crippen LogP contribution in [0.4, 0.5) is 5.82 Å². The first-order chi connectivity index (χ1) is 15.7. The molecule has 0 spiro atoms. The molecule has 1 saturated heterocycles. The van der Waals surface area contributed by atoms with E-state index in [-0.39, 0.29) is 29.2 Å². The van der Waals surface area contributed by atoms with Crippen LogP contribution in [0.1, 0.15) is 58.2 Å². The van der Waals surface area contributed by atoms with E-state index in [4.69, 9.17) is 4.74 Å². The number of ether oxygens (including phenoxy) is 1. The number of carbonyl (C=O) groups is 1. The normalized spacial score (nSPS) is 14.6. The van der Waals surface area contributed by atoms with Crippen molar-refractivity contribution in [2.24, 2.45) is 0 Å². The van der Waals surface area contributed by atoms with Crippen LogP contribution < -0.4 is 20.9 Å².